The van der Waals surface area contributed by atoms with Gasteiger partial charge in [-0.05, 0) is 67.9 Å². The van der Waals surface area contributed by atoms with Crippen molar-refractivity contribution in [3.63, 3.8) is 0 Å². The van der Waals surface area contributed by atoms with E-state index in [1.807, 2.05) is 53.1 Å². The second kappa shape index (κ2) is 12.5. The van der Waals surface area contributed by atoms with Gasteiger partial charge in [0.05, 0.1) is 12.0 Å². The Morgan fingerprint density at radius 1 is 1.03 bits per heavy atom. The van der Waals surface area contributed by atoms with Gasteiger partial charge in [-0.1, -0.05) is 39.8 Å². The molecule has 0 saturated heterocycles. The molecule has 2 heterocycles. The van der Waals surface area contributed by atoms with Crippen molar-refractivity contribution in [2.45, 2.75) is 19.0 Å². The van der Waals surface area contributed by atoms with Crippen molar-refractivity contribution in [1.29, 1.82) is 0 Å². The second-order valence-electron chi connectivity index (χ2n) is 7.70. The fourth-order valence-electron chi connectivity index (χ4n) is 3.58. The normalized spacial score (nSPS) is 11.1. The van der Waals surface area contributed by atoms with Crippen molar-refractivity contribution < 1.29 is 4.79 Å². The van der Waals surface area contributed by atoms with E-state index in [1.165, 1.54) is 17.4 Å². The number of hydrogen-bond acceptors (Lipinski definition) is 7. The predicted octanol–water partition coefficient (Wildman–Crippen LogP) is 5.18. The number of hydrazone groups is 1. The molecule has 0 radical (unpaired) electrons. The van der Waals surface area contributed by atoms with E-state index in [4.69, 9.17) is 0 Å². The van der Waals surface area contributed by atoms with Crippen LogP contribution in [0, 0.1) is 0 Å². The third kappa shape index (κ3) is 6.38. The number of benzene rings is 2. The lowest BCUT2D eigenvalue weighted by molar-refractivity contribution is -0.118. The molecule has 1 N–H and O–H groups in total. The van der Waals surface area contributed by atoms with Crippen LogP contribution in [0.3, 0.4) is 0 Å². The van der Waals surface area contributed by atoms with Gasteiger partial charge >= 0.3 is 0 Å². The highest BCUT2D eigenvalue weighted by Crippen LogP contribution is 2.28. The Bertz CT molecular complexity index is 1300. The first kappa shape index (κ1) is 25.6. The van der Waals surface area contributed by atoms with Gasteiger partial charge in [-0.2, -0.15) is 5.10 Å². The fraction of sp³-hybridized carbons (Fsp3) is 0.192. The zero-order valence-corrected chi connectivity index (χ0v) is 22.4. The summed E-state index contributed by atoms with van der Waals surface area (Å²) in [7, 11) is 0. The number of carbonyl (C=O) groups is 1. The van der Waals surface area contributed by atoms with Crippen LogP contribution in [0.4, 0.5) is 5.69 Å². The average Bonchev–Trinajstić information content (AvgIpc) is 3.34. The molecule has 2 aromatic carbocycles. The number of nitrogens with zero attached hydrogens (tertiary/aromatic N) is 6. The number of hydrogen-bond donors (Lipinski definition) is 1. The minimum Gasteiger partial charge on any atom is -0.372 e. The number of nitrogens with one attached hydrogen (secondary N) is 1. The van der Waals surface area contributed by atoms with E-state index in [-0.39, 0.29) is 11.7 Å². The molecule has 0 aliphatic rings. The molecule has 0 aliphatic carbocycles. The predicted molar refractivity (Wildman–Crippen MR) is 149 cm³/mol. The molecule has 4 rings (SSSR count). The van der Waals surface area contributed by atoms with Crippen LogP contribution >= 0.6 is 27.7 Å². The van der Waals surface area contributed by atoms with Crippen LogP contribution in [0.1, 0.15) is 19.4 Å². The Hall–Kier alpha value is -3.50. The molecular formula is C26H26BrN7OS. The second-order valence-corrected chi connectivity index (χ2v) is 9.56. The first-order valence-electron chi connectivity index (χ1n) is 11.5. The molecule has 2 aromatic heterocycles. The maximum absolute atomic E-state index is 12.5. The number of halogens is 1. The van der Waals surface area contributed by atoms with Crippen LogP contribution in [-0.2, 0) is 4.79 Å². The smallest absolute Gasteiger partial charge is 0.250 e. The average molecular weight is 565 g/mol. The Kier molecular flexibility index (Phi) is 8.85. The fourth-order valence-corrected chi connectivity index (χ4v) is 4.58. The molecule has 0 atom stereocenters. The molecule has 0 bridgehead atoms. The quantitative estimate of drug-likeness (QED) is 0.162. The van der Waals surface area contributed by atoms with Crippen molar-refractivity contribution in [2.75, 3.05) is 23.7 Å². The third-order valence-electron chi connectivity index (χ3n) is 5.41. The SMILES string of the molecule is CCN(CC)c1ccc(C=NNC(=O)CSc2nnc(-c3ccncc3)n2-c2ccc(Br)cc2)cc1. The minimum atomic E-state index is -0.230. The Balaban J connectivity index is 1.42. The van der Waals surface area contributed by atoms with Crippen molar-refractivity contribution in [3.8, 4) is 17.1 Å². The van der Waals surface area contributed by atoms with Gasteiger partial charge in [0.2, 0.25) is 0 Å². The van der Waals surface area contributed by atoms with Crippen molar-refractivity contribution in [2.24, 2.45) is 5.10 Å². The summed E-state index contributed by atoms with van der Waals surface area (Å²) in [6.45, 7) is 6.18. The largest absolute Gasteiger partial charge is 0.372 e. The molecule has 184 valence electrons. The van der Waals surface area contributed by atoms with Gasteiger partial charge in [0.1, 0.15) is 0 Å². The summed E-state index contributed by atoms with van der Waals surface area (Å²) in [5.74, 6) is 0.587. The van der Waals surface area contributed by atoms with Crippen molar-refractivity contribution in [1.82, 2.24) is 25.2 Å². The van der Waals surface area contributed by atoms with Crippen LogP contribution in [0.15, 0.2) is 87.8 Å². The molecule has 0 aliphatic heterocycles. The molecule has 1 amide bonds. The standard InChI is InChI=1S/C26H26BrN7OS/c1-3-33(4-2)22-9-5-19(6-10-22)17-29-30-24(35)18-36-26-32-31-25(20-13-15-28-16-14-20)34(26)23-11-7-21(27)8-12-23/h5-17H,3-4,18H2,1-2H3,(H,30,35). The maximum Gasteiger partial charge on any atom is 0.250 e. The van der Waals surface area contributed by atoms with Gasteiger partial charge in [0.25, 0.3) is 5.91 Å². The summed E-state index contributed by atoms with van der Waals surface area (Å²) in [5, 5.41) is 13.4. The molecule has 0 unspecified atom stereocenters. The first-order valence-corrected chi connectivity index (χ1v) is 13.3. The topological polar surface area (TPSA) is 88.3 Å². The molecule has 0 saturated carbocycles. The van der Waals surface area contributed by atoms with Gasteiger partial charge in [-0.3, -0.25) is 14.3 Å². The van der Waals surface area contributed by atoms with Gasteiger partial charge < -0.3 is 4.90 Å². The van der Waals surface area contributed by atoms with Crippen molar-refractivity contribution >= 4 is 45.5 Å². The molecular weight excluding hydrogens is 538 g/mol. The molecule has 0 spiro atoms. The molecule has 0 fully saturated rings. The van der Waals surface area contributed by atoms with Crippen LogP contribution in [0.2, 0.25) is 0 Å². The van der Waals surface area contributed by atoms with E-state index in [0.29, 0.717) is 11.0 Å². The number of anilines is 1. The molecule has 4 aromatic rings. The summed E-state index contributed by atoms with van der Waals surface area (Å²) in [6.07, 6.45) is 5.07. The number of thioether (sulfide) groups is 1. The highest BCUT2D eigenvalue weighted by Gasteiger charge is 2.17. The van der Waals surface area contributed by atoms with Crippen LogP contribution in [0.25, 0.3) is 17.1 Å². The summed E-state index contributed by atoms with van der Waals surface area (Å²) < 4.78 is 2.90. The van der Waals surface area contributed by atoms with Crippen LogP contribution in [-0.4, -0.2) is 50.7 Å². The van der Waals surface area contributed by atoms with E-state index < -0.39 is 0 Å². The van der Waals surface area contributed by atoms with Gasteiger partial charge in [-0.15, -0.1) is 10.2 Å². The zero-order chi connectivity index (χ0) is 25.3. The Labute approximate surface area is 223 Å². The number of rotatable bonds is 10. The van der Waals surface area contributed by atoms with E-state index in [9.17, 15) is 4.79 Å². The van der Waals surface area contributed by atoms with Crippen molar-refractivity contribution in [3.05, 3.63) is 83.1 Å². The van der Waals surface area contributed by atoms with Gasteiger partial charge in [-0.25, -0.2) is 5.43 Å². The molecule has 10 heteroatoms. The number of aromatic nitrogens is 4. The van der Waals surface area contributed by atoms with E-state index in [0.717, 1.165) is 34.4 Å². The summed E-state index contributed by atoms with van der Waals surface area (Å²) >= 11 is 4.77. The lowest BCUT2D eigenvalue weighted by atomic mass is 10.2. The first-order chi connectivity index (χ1) is 17.6. The summed E-state index contributed by atoms with van der Waals surface area (Å²) in [5.41, 5.74) is 6.45. The lowest BCUT2D eigenvalue weighted by Gasteiger charge is -2.20. The van der Waals surface area contributed by atoms with Gasteiger partial charge in [0.15, 0.2) is 11.0 Å². The number of amides is 1. The van der Waals surface area contributed by atoms with E-state index in [1.54, 1.807) is 18.6 Å². The maximum atomic E-state index is 12.5. The number of carbonyl (C=O) groups excluding carboxylic acids is 1. The van der Waals surface area contributed by atoms with E-state index >= 15 is 0 Å². The lowest BCUT2D eigenvalue weighted by Crippen LogP contribution is -2.21. The van der Waals surface area contributed by atoms with E-state index in [2.05, 4.69) is 72.5 Å². The highest BCUT2D eigenvalue weighted by atomic mass is 79.9. The summed E-state index contributed by atoms with van der Waals surface area (Å²) in [6, 6.07) is 19.7. The summed E-state index contributed by atoms with van der Waals surface area (Å²) in [4.78, 5) is 18.8. The Morgan fingerprint density at radius 2 is 1.72 bits per heavy atom. The minimum absolute atomic E-state index is 0.142. The third-order valence-corrected chi connectivity index (χ3v) is 6.87. The highest BCUT2D eigenvalue weighted by molar-refractivity contribution is 9.10. The van der Waals surface area contributed by atoms with Crippen LogP contribution < -0.4 is 10.3 Å². The van der Waals surface area contributed by atoms with Gasteiger partial charge in [0, 0.05) is 46.9 Å². The van der Waals surface area contributed by atoms with Crippen LogP contribution in [0.5, 0.6) is 0 Å². The molecule has 8 nitrogen and oxygen atoms in total. The Morgan fingerprint density at radius 3 is 2.39 bits per heavy atom. The number of pyridine rings is 1. The zero-order valence-electron chi connectivity index (χ0n) is 20.0. The molecule has 36 heavy (non-hydrogen) atoms. The monoisotopic (exact) mass is 563 g/mol.